The third-order valence-corrected chi connectivity index (χ3v) is 4.15. The summed E-state index contributed by atoms with van der Waals surface area (Å²) in [6.07, 6.45) is 1.25. The third kappa shape index (κ3) is 1.74. The Bertz CT molecular complexity index is 300. The molecule has 0 radical (unpaired) electrons. The van der Waals surface area contributed by atoms with Gasteiger partial charge in [0.05, 0.1) is 11.1 Å². The molecular weight excluding hydrogens is 204 g/mol. The zero-order valence-electron chi connectivity index (χ0n) is 7.46. The first-order valence-electron chi connectivity index (χ1n) is 4.43. The van der Waals surface area contributed by atoms with Crippen molar-refractivity contribution >= 4 is 22.9 Å². The lowest BCUT2D eigenvalue weighted by atomic mass is 10.1. The summed E-state index contributed by atoms with van der Waals surface area (Å²) in [5.41, 5.74) is 2.86. The van der Waals surface area contributed by atoms with Gasteiger partial charge in [0.15, 0.2) is 0 Å². The van der Waals surface area contributed by atoms with Crippen molar-refractivity contribution in [3.63, 3.8) is 0 Å². The van der Waals surface area contributed by atoms with Crippen molar-refractivity contribution in [3.8, 4) is 0 Å². The molecule has 1 saturated carbocycles. The number of hydrogen-bond donors (Lipinski definition) is 2. The van der Waals surface area contributed by atoms with Crippen LogP contribution in [-0.2, 0) is 0 Å². The molecule has 0 amide bonds. The van der Waals surface area contributed by atoms with E-state index in [1.54, 1.807) is 11.3 Å². The van der Waals surface area contributed by atoms with E-state index in [4.69, 9.17) is 17.4 Å². The SMILES string of the molecule is CC1CC1C(NN)c1sccc1Cl. The molecule has 72 valence electrons. The van der Waals surface area contributed by atoms with Crippen LogP contribution in [0.25, 0.3) is 0 Å². The van der Waals surface area contributed by atoms with Crippen molar-refractivity contribution in [1.29, 1.82) is 0 Å². The average Bonchev–Trinajstić information content (AvgIpc) is 2.65. The minimum atomic E-state index is 0.252. The molecule has 4 heteroatoms. The predicted molar refractivity (Wildman–Crippen MR) is 56.7 cm³/mol. The van der Waals surface area contributed by atoms with E-state index in [0.29, 0.717) is 5.92 Å². The van der Waals surface area contributed by atoms with E-state index in [1.807, 2.05) is 11.4 Å². The Balaban J connectivity index is 2.17. The number of nitrogens with one attached hydrogen (secondary N) is 1. The summed E-state index contributed by atoms with van der Waals surface area (Å²) >= 11 is 7.73. The highest BCUT2D eigenvalue weighted by atomic mass is 35.5. The van der Waals surface area contributed by atoms with Crippen LogP contribution >= 0.6 is 22.9 Å². The van der Waals surface area contributed by atoms with Gasteiger partial charge in [-0.05, 0) is 29.7 Å². The van der Waals surface area contributed by atoms with Gasteiger partial charge in [-0.2, -0.15) is 0 Å². The molecule has 2 rings (SSSR count). The Hall–Kier alpha value is -0.0900. The van der Waals surface area contributed by atoms with E-state index < -0.39 is 0 Å². The number of hydrogen-bond acceptors (Lipinski definition) is 3. The van der Waals surface area contributed by atoms with Gasteiger partial charge in [0.2, 0.25) is 0 Å². The summed E-state index contributed by atoms with van der Waals surface area (Å²) in [6, 6.07) is 2.18. The van der Waals surface area contributed by atoms with E-state index in [0.717, 1.165) is 10.9 Å². The zero-order valence-corrected chi connectivity index (χ0v) is 9.03. The van der Waals surface area contributed by atoms with E-state index in [9.17, 15) is 0 Å². The Morgan fingerprint density at radius 1 is 1.77 bits per heavy atom. The van der Waals surface area contributed by atoms with Crippen LogP contribution in [0.4, 0.5) is 0 Å². The van der Waals surface area contributed by atoms with Crippen LogP contribution in [0.3, 0.4) is 0 Å². The number of hydrazine groups is 1. The summed E-state index contributed by atoms with van der Waals surface area (Å²) in [4.78, 5) is 1.18. The van der Waals surface area contributed by atoms with Crippen LogP contribution in [0.15, 0.2) is 11.4 Å². The first-order valence-corrected chi connectivity index (χ1v) is 5.68. The summed E-state index contributed by atoms with van der Waals surface area (Å²) < 4.78 is 0. The molecule has 0 aromatic carbocycles. The maximum Gasteiger partial charge on any atom is 0.0599 e. The average molecular weight is 217 g/mol. The topological polar surface area (TPSA) is 38.0 Å². The second-order valence-corrected chi connectivity index (χ2v) is 5.01. The van der Waals surface area contributed by atoms with Gasteiger partial charge in [-0.3, -0.25) is 11.3 Å². The minimum Gasteiger partial charge on any atom is -0.271 e. The van der Waals surface area contributed by atoms with Crippen molar-refractivity contribution in [2.45, 2.75) is 19.4 Å². The molecular formula is C9H13ClN2S. The molecule has 3 N–H and O–H groups in total. The fraction of sp³-hybridized carbons (Fsp3) is 0.556. The van der Waals surface area contributed by atoms with Gasteiger partial charge < -0.3 is 0 Å². The van der Waals surface area contributed by atoms with Crippen LogP contribution in [0.2, 0.25) is 5.02 Å². The Labute approximate surface area is 87.1 Å². The number of rotatable bonds is 3. The van der Waals surface area contributed by atoms with Gasteiger partial charge in [0.1, 0.15) is 0 Å². The van der Waals surface area contributed by atoms with Crippen LogP contribution in [0, 0.1) is 11.8 Å². The highest BCUT2D eigenvalue weighted by molar-refractivity contribution is 7.10. The monoisotopic (exact) mass is 216 g/mol. The van der Waals surface area contributed by atoms with E-state index >= 15 is 0 Å². The minimum absolute atomic E-state index is 0.252. The zero-order chi connectivity index (χ0) is 9.42. The second kappa shape index (κ2) is 3.58. The molecule has 0 spiro atoms. The van der Waals surface area contributed by atoms with Gasteiger partial charge in [0.25, 0.3) is 0 Å². The molecule has 13 heavy (non-hydrogen) atoms. The first kappa shape index (κ1) is 9.46. The lowest BCUT2D eigenvalue weighted by molar-refractivity contribution is 0.483. The molecule has 0 bridgehead atoms. The normalized spacial score (nSPS) is 28.8. The smallest absolute Gasteiger partial charge is 0.0599 e. The van der Waals surface area contributed by atoms with E-state index in [2.05, 4.69) is 12.3 Å². The maximum absolute atomic E-state index is 6.05. The summed E-state index contributed by atoms with van der Waals surface area (Å²) in [5, 5.41) is 2.85. The fourth-order valence-electron chi connectivity index (χ4n) is 1.74. The van der Waals surface area contributed by atoms with Crippen LogP contribution in [0.5, 0.6) is 0 Å². The van der Waals surface area contributed by atoms with Gasteiger partial charge in [-0.15, -0.1) is 11.3 Å². The molecule has 2 nitrogen and oxygen atoms in total. The molecule has 1 aromatic rings. The quantitative estimate of drug-likeness (QED) is 0.602. The summed E-state index contributed by atoms with van der Waals surface area (Å²) in [6.45, 7) is 2.25. The van der Waals surface area contributed by atoms with Gasteiger partial charge in [-0.25, -0.2) is 0 Å². The standard InChI is InChI=1S/C9H13ClN2S/c1-5-4-6(5)8(12-11)9-7(10)2-3-13-9/h2-3,5-6,8,12H,4,11H2,1H3. The molecule has 0 aliphatic heterocycles. The fourth-order valence-corrected chi connectivity index (χ4v) is 3.05. The van der Waals surface area contributed by atoms with Crippen LogP contribution in [0.1, 0.15) is 24.3 Å². The van der Waals surface area contributed by atoms with Crippen molar-refractivity contribution in [3.05, 3.63) is 21.3 Å². The lowest BCUT2D eigenvalue weighted by Crippen LogP contribution is -2.29. The van der Waals surface area contributed by atoms with Crippen molar-refractivity contribution in [1.82, 2.24) is 5.43 Å². The Morgan fingerprint density at radius 3 is 2.85 bits per heavy atom. The Kier molecular flexibility index (Phi) is 2.60. The maximum atomic E-state index is 6.05. The summed E-state index contributed by atoms with van der Waals surface area (Å²) in [5.74, 6) is 6.98. The third-order valence-electron chi connectivity index (χ3n) is 2.71. The molecule has 1 fully saturated rings. The highest BCUT2D eigenvalue weighted by Gasteiger charge is 2.40. The lowest BCUT2D eigenvalue weighted by Gasteiger charge is -2.14. The van der Waals surface area contributed by atoms with Crippen LogP contribution < -0.4 is 11.3 Å². The molecule has 1 heterocycles. The van der Waals surface area contributed by atoms with E-state index in [-0.39, 0.29) is 6.04 Å². The summed E-state index contributed by atoms with van der Waals surface area (Å²) in [7, 11) is 0. The molecule has 1 aliphatic rings. The van der Waals surface area contributed by atoms with Gasteiger partial charge in [-0.1, -0.05) is 18.5 Å². The van der Waals surface area contributed by atoms with Crippen molar-refractivity contribution in [2.24, 2.45) is 17.7 Å². The van der Waals surface area contributed by atoms with Gasteiger partial charge >= 0.3 is 0 Å². The molecule has 1 aromatic heterocycles. The van der Waals surface area contributed by atoms with Gasteiger partial charge in [0, 0.05) is 4.88 Å². The van der Waals surface area contributed by atoms with Crippen LogP contribution in [-0.4, -0.2) is 0 Å². The van der Waals surface area contributed by atoms with Crippen molar-refractivity contribution < 1.29 is 0 Å². The largest absolute Gasteiger partial charge is 0.271 e. The Morgan fingerprint density at radius 2 is 2.46 bits per heavy atom. The highest BCUT2D eigenvalue weighted by Crippen LogP contribution is 2.48. The van der Waals surface area contributed by atoms with Crippen molar-refractivity contribution in [2.75, 3.05) is 0 Å². The molecule has 0 saturated heterocycles. The predicted octanol–water partition coefficient (Wildman–Crippen LogP) is 2.56. The molecule has 1 aliphatic carbocycles. The molecule has 3 unspecified atom stereocenters. The number of thiophene rings is 1. The number of nitrogens with two attached hydrogens (primary N) is 1. The number of halogens is 1. The van der Waals surface area contributed by atoms with E-state index in [1.165, 1.54) is 11.3 Å². The molecule has 3 atom stereocenters. The second-order valence-electron chi connectivity index (χ2n) is 3.65. The first-order chi connectivity index (χ1) is 6.24.